The summed E-state index contributed by atoms with van der Waals surface area (Å²) in [7, 11) is 1.80. The first kappa shape index (κ1) is 22.6. The number of aryl methyl sites for hydroxylation is 1. The summed E-state index contributed by atoms with van der Waals surface area (Å²) in [6, 6.07) is 2.82. The first-order chi connectivity index (χ1) is 16.0. The van der Waals surface area contributed by atoms with E-state index in [9.17, 15) is 14.1 Å². The van der Waals surface area contributed by atoms with E-state index in [1.807, 2.05) is 4.90 Å². The van der Waals surface area contributed by atoms with Crippen molar-refractivity contribution in [2.24, 2.45) is 7.05 Å². The molecule has 174 valence electrons. The van der Waals surface area contributed by atoms with Crippen LogP contribution in [0.1, 0.15) is 0 Å². The molecule has 1 aliphatic rings. The van der Waals surface area contributed by atoms with Gasteiger partial charge in [0.2, 0.25) is 11.9 Å². The number of carbonyl (C=O) groups excluding carboxylic acids is 1. The van der Waals surface area contributed by atoms with E-state index in [1.165, 1.54) is 12.1 Å². The molecule has 0 aliphatic carbocycles. The zero-order chi connectivity index (χ0) is 23.4. The third kappa shape index (κ3) is 5.07. The van der Waals surface area contributed by atoms with Gasteiger partial charge in [-0.3, -0.25) is 23.7 Å². The number of nitrogens with zero attached hydrogens (tertiary/aromatic N) is 7. The molecule has 0 saturated carbocycles. The molecule has 0 radical (unpaired) electrons. The number of piperazine rings is 1. The van der Waals surface area contributed by atoms with Crippen molar-refractivity contribution in [3.63, 3.8) is 0 Å². The monoisotopic (exact) mass is 456 g/mol. The number of nitrogens with one attached hydrogen (secondary N) is 1. The van der Waals surface area contributed by atoms with E-state index < -0.39 is 0 Å². The van der Waals surface area contributed by atoms with Gasteiger partial charge in [0.1, 0.15) is 12.3 Å². The molecule has 1 N–H and O–H groups in total. The van der Waals surface area contributed by atoms with Gasteiger partial charge in [0, 0.05) is 63.6 Å². The second kappa shape index (κ2) is 9.88. The Morgan fingerprint density at radius 2 is 2.18 bits per heavy atom. The van der Waals surface area contributed by atoms with Crippen molar-refractivity contribution in [2.75, 3.05) is 38.1 Å². The number of amides is 1. The number of halogens is 1. The van der Waals surface area contributed by atoms with Crippen LogP contribution in [0.4, 0.5) is 16.2 Å². The molecule has 1 atom stereocenters. The molecule has 0 bridgehead atoms. The minimum atomic E-state index is -0.337. The summed E-state index contributed by atoms with van der Waals surface area (Å²) in [6.45, 7) is 5.45. The Morgan fingerprint density at radius 1 is 1.33 bits per heavy atom. The van der Waals surface area contributed by atoms with Crippen LogP contribution in [0.25, 0.3) is 11.0 Å². The quantitative estimate of drug-likeness (QED) is 0.497. The summed E-state index contributed by atoms with van der Waals surface area (Å²) in [5, 5.41) is 7.90. The van der Waals surface area contributed by atoms with Crippen molar-refractivity contribution in [3.05, 3.63) is 53.7 Å². The van der Waals surface area contributed by atoms with Gasteiger partial charge in [-0.1, -0.05) is 6.58 Å². The van der Waals surface area contributed by atoms with Gasteiger partial charge in [-0.15, -0.1) is 0 Å². The average Bonchev–Trinajstić information content (AvgIpc) is 3.23. The zero-order valence-corrected chi connectivity index (χ0v) is 18.2. The van der Waals surface area contributed by atoms with E-state index >= 15 is 0 Å². The highest BCUT2D eigenvalue weighted by Crippen LogP contribution is 2.16. The predicted molar refractivity (Wildman–Crippen MR) is 119 cm³/mol. The van der Waals surface area contributed by atoms with Crippen LogP contribution in [-0.2, 0) is 23.3 Å². The lowest BCUT2D eigenvalue weighted by molar-refractivity contribution is -0.158. The molecular formula is C21H25FN8O3. The third-order valence-electron chi connectivity index (χ3n) is 5.64. The van der Waals surface area contributed by atoms with E-state index in [2.05, 4.69) is 31.9 Å². The minimum Gasteiger partial charge on any atom is -0.336 e. The fraction of sp³-hybridized carbons (Fsp3) is 0.381. The fourth-order valence-electron chi connectivity index (χ4n) is 3.94. The van der Waals surface area contributed by atoms with Crippen LogP contribution in [0.5, 0.6) is 0 Å². The average molecular weight is 456 g/mol. The van der Waals surface area contributed by atoms with E-state index in [1.54, 1.807) is 45.9 Å². The zero-order valence-electron chi connectivity index (χ0n) is 18.2. The van der Waals surface area contributed by atoms with Gasteiger partial charge in [0.05, 0.1) is 17.9 Å². The van der Waals surface area contributed by atoms with Crippen molar-refractivity contribution >= 4 is 28.6 Å². The van der Waals surface area contributed by atoms with Crippen LogP contribution < -0.4 is 10.9 Å². The van der Waals surface area contributed by atoms with Crippen LogP contribution in [-0.4, -0.2) is 78.9 Å². The summed E-state index contributed by atoms with van der Waals surface area (Å²) < 4.78 is 15.9. The van der Waals surface area contributed by atoms with Gasteiger partial charge < -0.3 is 10.2 Å². The van der Waals surface area contributed by atoms with Crippen LogP contribution in [0.3, 0.4) is 0 Å². The molecule has 3 aromatic heterocycles. The summed E-state index contributed by atoms with van der Waals surface area (Å²) in [5.41, 5.74) is 1.01. The highest BCUT2D eigenvalue weighted by Gasteiger charge is 2.29. The van der Waals surface area contributed by atoms with Gasteiger partial charge in [-0.2, -0.15) is 15.0 Å². The van der Waals surface area contributed by atoms with Crippen LogP contribution in [0.15, 0.2) is 48.2 Å². The number of hydrogen-bond donors (Lipinski definition) is 1. The Morgan fingerprint density at radius 3 is 2.91 bits per heavy atom. The number of hydrogen-bond acceptors (Lipinski definition) is 8. The molecule has 3 aromatic rings. The molecule has 1 aliphatic heterocycles. The van der Waals surface area contributed by atoms with Crippen molar-refractivity contribution in [2.45, 2.75) is 12.6 Å². The van der Waals surface area contributed by atoms with Gasteiger partial charge in [-0.25, -0.2) is 4.98 Å². The number of rotatable bonds is 8. The standard InChI is InChI=1S/C21H25FN8O3/c1-3-18(31)29-7-6-28(17(13-29)14-33-22)8-9-30-19(32)5-4-15-10-23-21(26-20(15)30)25-16-11-24-27(2)12-16/h3-5,10-12,17H,1,6-9,13-14H2,2H3,(H,23,25,26). The Labute approximate surface area is 189 Å². The Kier molecular flexibility index (Phi) is 6.75. The summed E-state index contributed by atoms with van der Waals surface area (Å²) in [6.07, 6.45) is 6.33. The largest absolute Gasteiger partial charge is 0.336 e. The molecule has 4 rings (SSSR count). The van der Waals surface area contributed by atoms with Crippen LogP contribution >= 0.6 is 0 Å². The van der Waals surface area contributed by atoms with Crippen molar-refractivity contribution in [3.8, 4) is 0 Å². The number of anilines is 2. The lowest BCUT2D eigenvalue weighted by Crippen LogP contribution is -2.56. The molecule has 12 heteroatoms. The first-order valence-electron chi connectivity index (χ1n) is 10.5. The summed E-state index contributed by atoms with van der Waals surface area (Å²) in [4.78, 5) is 41.0. The molecule has 1 fully saturated rings. The second-order valence-electron chi connectivity index (χ2n) is 7.78. The molecule has 4 heterocycles. The van der Waals surface area contributed by atoms with Crippen molar-refractivity contribution in [1.82, 2.24) is 34.1 Å². The normalized spacial score (nSPS) is 16.8. The van der Waals surface area contributed by atoms with Crippen LogP contribution in [0.2, 0.25) is 0 Å². The lowest BCUT2D eigenvalue weighted by atomic mass is 10.1. The minimum absolute atomic E-state index is 0.174. The Bertz CT molecular complexity index is 1210. The van der Waals surface area contributed by atoms with E-state index in [0.717, 1.165) is 11.1 Å². The van der Waals surface area contributed by atoms with E-state index in [-0.39, 0.29) is 24.1 Å². The molecule has 0 aromatic carbocycles. The number of pyridine rings is 1. The number of aromatic nitrogens is 5. The Hall–Kier alpha value is -3.64. The maximum atomic E-state index is 12.7. The van der Waals surface area contributed by atoms with Crippen LogP contribution in [0, 0.1) is 0 Å². The maximum Gasteiger partial charge on any atom is 0.252 e. The number of carbonyl (C=O) groups is 1. The molecule has 11 nitrogen and oxygen atoms in total. The summed E-state index contributed by atoms with van der Waals surface area (Å²) >= 11 is 0. The molecule has 1 saturated heterocycles. The molecule has 0 spiro atoms. The molecule has 33 heavy (non-hydrogen) atoms. The topological polar surface area (TPSA) is 110 Å². The van der Waals surface area contributed by atoms with Crippen molar-refractivity contribution in [1.29, 1.82) is 0 Å². The smallest absolute Gasteiger partial charge is 0.252 e. The van der Waals surface area contributed by atoms with Gasteiger partial charge in [-0.05, 0) is 16.7 Å². The SMILES string of the molecule is C=CC(=O)N1CCN(CCn2c(=O)ccc3cnc(Nc4cnn(C)c4)nc32)C(COF)C1. The summed E-state index contributed by atoms with van der Waals surface area (Å²) in [5.74, 6) is 0.143. The fourth-order valence-corrected chi connectivity index (χ4v) is 3.94. The first-order valence-corrected chi connectivity index (χ1v) is 10.5. The highest BCUT2D eigenvalue weighted by atomic mass is 19.3. The molecule has 1 amide bonds. The number of fused-ring (bicyclic) bond motifs is 1. The molecule has 1 unspecified atom stereocenters. The Balaban J connectivity index is 1.54. The molecular weight excluding hydrogens is 431 g/mol. The van der Waals surface area contributed by atoms with E-state index in [4.69, 9.17) is 0 Å². The van der Waals surface area contributed by atoms with Gasteiger partial charge in [0.25, 0.3) is 5.56 Å². The third-order valence-corrected chi connectivity index (χ3v) is 5.64. The van der Waals surface area contributed by atoms with Gasteiger partial charge >= 0.3 is 0 Å². The lowest BCUT2D eigenvalue weighted by Gasteiger charge is -2.40. The highest BCUT2D eigenvalue weighted by molar-refractivity contribution is 5.87. The predicted octanol–water partition coefficient (Wildman–Crippen LogP) is 0.868. The van der Waals surface area contributed by atoms with Crippen molar-refractivity contribution < 1.29 is 14.3 Å². The van der Waals surface area contributed by atoms with Gasteiger partial charge in [0.15, 0.2) is 0 Å². The van der Waals surface area contributed by atoms with E-state index in [0.29, 0.717) is 44.3 Å². The maximum absolute atomic E-state index is 12.7. The second-order valence-corrected chi connectivity index (χ2v) is 7.78.